The van der Waals surface area contributed by atoms with Gasteiger partial charge < -0.3 is 4.74 Å². The zero-order valence-electron chi connectivity index (χ0n) is 7.26. The molecule has 2 heteroatoms. The van der Waals surface area contributed by atoms with Gasteiger partial charge in [0, 0.05) is 6.61 Å². The summed E-state index contributed by atoms with van der Waals surface area (Å²) in [5.74, 6) is 0. The highest BCUT2D eigenvalue weighted by molar-refractivity contribution is 6.21. The zero-order valence-corrected chi connectivity index (χ0v) is 8.02. The van der Waals surface area contributed by atoms with Gasteiger partial charge in [-0.3, -0.25) is 0 Å². The predicted octanol–water partition coefficient (Wildman–Crippen LogP) is 2.88. The molecule has 0 saturated carbocycles. The molecule has 1 spiro atoms. The van der Waals surface area contributed by atoms with Crippen molar-refractivity contribution >= 4 is 11.6 Å². The second kappa shape index (κ2) is 3.39. The van der Waals surface area contributed by atoms with Gasteiger partial charge in [0.15, 0.2) is 0 Å². The first-order chi connectivity index (χ1) is 5.81. The molecule has 1 fully saturated rings. The summed E-state index contributed by atoms with van der Waals surface area (Å²) in [6.45, 7) is 0.928. The van der Waals surface area contributed by atoms with Crippen molar-refractivity contribution in [2.24, 2.45) is 0 Å². The van der Waals surface area contributed by atoms with E-state index in [0.29, 0.717) is 0 Å². The van der Waals surface area contributed by atoms with Crippen molar-refractivity contribution in [1.82, 2.24) is 0 Å². The first-order valence-electron chi connectivity index (χ1n) is 4.78. The summed E-state index contributed by atoms with van der Waals surface area (Å²) in [6.07, 6.45) is 10.2. The Morgan fingerprint density at radius 1 is 1.33 bits per heavy atom. The molecule has 1 nitrogen and oxygen atoms in total. The number of ether oxygens (including phenoxy) is 1. The first-order valence-corrected chi connectivity index (χ1v) is 5.22. The lowest BCUT2D eigenvalue weighted by atomic mass is 9.85. The van der Waals surface area contributed by atoms with Crippen LogP contribution in [0.4, 0.5) is 0 Å². The van der Waals surface area contributed by atoms with E-state index in [4.69, 9.17) is 16.3 Å². The van der Waals surface area contributed by atoms with Crippen molar-refractivity contribution in [2.75, 3.05) is 6.61 Å². The highest BCUT2D eigenvalue weighted by Crippen LogP contribution is 2.35. The maximum Gasteiger partial charge on any atom is 0.0863 e. The standard InChI is InChI=1S/C10H15ClO/c11-9-3-6-10(7-4-9)5-1-2-8-12-10/h3,6,9H,1-2,4-5,7-8H2/t9-,10+/m1/s1. The molecule has 0 radical (unpaired) electrons. The second-order valence-corrected chi connectivity index (χ2v) is 4.34. The van der Waals surface area contributed by atoms with Crippen LogP contribution in [0, 0.1) is 0 Å². The largest absolute Gasteiger partial charge is 0.371 e. The minimum atomic E-state index is 0.0731. The molecule has 0 aromatic carbocycles. The molecule has 12 heavy (non-hydrogen) atoms. The molecule has 68 valence electrons. The Hall–Kier alpha value is -0.0100. The van der Waals surface area contributed by atoms with Crippen LogP contribution in [-0.4, -0.2) is 17.6 Å². The van der Waals surface area contributed by atoms with Crippen LogP contribution in [-0.2, 0) is 4.74 Å². The molecule has 2 rings (SSSR count). The smallest absolute Gasteiger partial charge is 0.0863 e. The van der Waals surface area contributed by atoms with E-state index in [1.807, 2.05) is 0 Å². The molecule has 0 amide bonds. The van der Waals surface area contributed by atoms with Crippen molar-refractivity contribution in [1.29, 1.82) is 0 Å². The molecule has 1 aliphatic heterocycles. The van der Waals surface area contributed by atoms with Gasteiger partial charge in [-0.25, -0.2) is 0 Å². The summed E-state index contributed by atoms with van der Waals surface area (Å²) in [5, 5.41) is 0.237. The Morgan fingerprint density at radius 2 is 2.25 bits per heavy atom. The third kappa shape index (κ3) is 1.67. The monoisotopic (exact) mass is 186 g/mol. The summed E-state index contributed by atoms with van der Waals surface area (Å²) in [6, 6.07) is 0. The predicted molar refractivity (Wildman–Crippen MR) is 50.5 cm³/mol. The van der Waals surface area contributed by atoms with E-state index in [-0.39, 0.29) is 11.0 Å². The van der Waals surface area contributed by atoms with E-state index in [0.717, 1.165) is 19.4 Å². The lowest BCUT2D eigenvalue weighted by molar-refractivity contribution is -0.0516. The van der Waals surface area contributed by atoms with E-state index in [1.165, 1.54) is 19.3 Å². The molecule has 0 aromatic heterocycles. The maximum atomic E-state index is 5.98. The van der Waals surface area contributed by atoms with Crippen LogP contribution in [0.1, 0.15) is 32.1 Å². The van der Waals surface area contributed by atoms with Gasteiger partial charge in [0.25, 0.3) is 0 Å². The van der Waals surface area contributed by atoms with E-state index in [2.05, 4.69) is 12.2 Å². The minimum absolute atomic E-state index is 0.0731. The SMILES string of the molecule is Cl[C@@H]1C=C[C@@]2(CCCCO2)CC1. The Bertz CT molecular complexity index is 182. The van der Waals surface area contributed by atoms with Crippen LogP contribution in [0.2, 0.25) is 0 Å². The van der Waals surface area contributed by atoms with E-state index < -0.39 is 0 Å². The second-order valence-electron chi connectivity index (χ2n) is 3.78. The lowest BCUT2D eigenvalue weighted by Gasteiger charge is -2.37. The number of hydrogen-bond donors (Lipinski definition) is 0. The summed E-state index contributed by atoms with van der Waals surface area (Å²) in [5.41, 5.74) is 0.0731. The maximum absolute atomic E-state index is 5.98. The first kappa shape index (κ1) is 8.58. The van der Waals surface area contributed by atoms with Crippen molar-refractivity contribution < 1.29 is 4.74 Å². The van der Waals surface area contributed by atoms with Gasteiger partial charge in [-0.2, -0.15) is 0 Å². The number of hydrogen-bond acceptors (Lipinski definition) is 1. The molecule has 0 bridgehead atoms. The van der Waals surface area contributed by atoms with E-state index in [1.54, 1.807) is 0 Å². The number of alkyl halides is 1. The van der Waals surface area contributed by atoms with Crippen LogP contribution in [0.3, 0.4) is 0 Å². The summed E-state index contributed by atoms with van der Waals surface area (Å²) in [4.78, 5) is 0. The number of allylic oxidation sites excluding steroid dienone is 1. The summed E-state index contributed by atoms with van der Waals surface area (Å²) in [7, 11) is 0. The summed E-state index contributed by atoms with van der Waals surface area (Å²) < 4.78 is 5.81. The van der Waals surface area contributed by atoms with Gasteiger partial charge >= 0.3 is 0 Å². The highest BCUT2D eigenvalue weighted by atomic mass is 35.5. The Labute approximate surface area is 78.7 Å². The van der Waals surface area contributed by atoms with Crippen LogP contribution in [0.15, 0.2) is 12.2 Å². The van der Waals surface area contributed by atoms with Crippen molar-refractivity contribution in [3.63, 3.8) is 0 Å². The molecule has 2 aliphatic rings. The molecule has 0 N–H and O–H groups in total. The van der Waals surface area contributed by atoms with Crippen molar-refractivity contribution in [3.8, 4) is 0 Å². The van der Waals surface area contributed by atoms with Gasteiger partial charge in [-0.1, -0.05) is 12.2 Å². The van der Waals surface area contributed by atoms with E-state index in [9.17, 15) is 0 Å². The Kier molecular flexibility index (Phi) is 2.42. The van der Waals surface area contributed by atoms with Crippen LogP contribution >= 0.6 is 11.6 Å². The Morgan fingerprint density at radius 3 is 2.83 bits per heavy atom. The molecular weight excluding hydrogens is 172 g/mol. The zero-order chi connectivity index (χ0) is 8.44. The molecule has 1 aliphatic carbocycles. The lowest BCUT2D eigenvalue weighted by Crippen LogP contribution is -2.36. The number of halogens is 1. The third-order valence-corrected chi connectivity index (χ3v) is 3.20. The van der Waals surface area contributed by atoms with Gasteiger partial charge in [-0.05, 0) is 32.1 Å². The minimum Gasteiger partial charge on any atom is -0.371 e. The van der Waals surface area contributed by atoms with Gasteiger partial charge in [0.05, 0.1) is 11.0 Å². The fourth-order valence-corrected chi connectivity index (χ4v) is 2.23. The van der Waals surface area contributed by atoms with Crippen molar-refractivity contribution in [3.05, 3.63) is 12.2 Å². The number of rotatable bonds is 0. The highest BCUT2D eigenvalue weighted by Gasteiger charge is 2.33. The topological polar surface area (TPSA) is 9.23 Å². The molecular formula is C10H15ClO. The molecule has 2 atom stereocenters. The fraction of sp³-hybridized carbons (Fsp3) is 0.800. The normalized spacial score (nSPS) is 41.9. The average Bonchev–Trinajstić information content (AvgIpc) is 2.13. The van der Waals surface area contributed by atoms with E-state index >= 15 is 0 Å². The quantitative estimate of drug-likeness (QED) is 0.418. The van der Waals surface area contributed by atoms with Crippen LogP contribution in [0.5, 0.6) is 0 Å². The van der Waals surface area contributed by atoms with Gasteiger partial charge in [-0.15, -0.1) is 11.6 Å². The molecule has 0 unspecified atom stereocenters. The fourth-order valence-electron chi connectivity index (χ4n) is 2.04. The van der Waals surface area contributed by atoms with Gasteiger partial charge in [0.2, 0.25) is 0 Å². The molecule has 1 saturated heterocycles. The van der Waals surface area contributed by atoms with Gasteiger partial charge in [0.1, 0.15) is 0 Å². The Balaban J connectivity index is 2.05. The third-order valence-electron chi connectivity index (χ3n) is 2.84. The molecule has 0 aromatic rings. The average molecular weight is 187 g/mol. The molecule has 1 heterocycles. The van der Waals surface area contributed by atoms with Crippen LogP contribution < -0.4 is 0 Å². The van der Waals surface area contributed by atoms with Crippen molar-refractivity contribution in [2.45, 2.75) is 43.1 Å². The van der Waals surface area contributed by atoms with Crippen LogP contribution in [0.25, 0.3) is 0 Å². The summed E-state index contributed by atoms with van der Waals surface area (Å²) >= 11 is 5.98.